The fraction of sp³-hybridized carbons (Fsp3) is 0.909. The Bertz CT molecular complexity index is 260. The second kappa shape index (κ2) is 3.76. The van der Waals surface area contributed by atoms with E-state index in [2.05, 4.69) is 10.4 Å². The number of esters is 1. The van der Waals surface area contributed by atoms with Gasteiger partial charge in [-0.3, -0.25) is 10.2 Å². The van der Waals surface area contributed by atoms with Gasteiger partial charge < -0.3 is 4.74 Å². The van der Waals surface area contributed by atoms with Crippen LogP contribution in [0.25, 0.3) is 0 Å². The second-order valence-corrected chi connectivity index (χ2v) is 5.50. The summed E-state index contributed by atoms with van der Waals surface area (Å²) in [6.07, 6.45) is 1.08. The zero-order valence-electron chi connectivity index (χ0n) is 9.75. The third-order valence-electron chi connectivity index (χ3n) is 3.00. The molecule has 0 saturated carbocycles. The van der Waals surface area contributed by atoms with E-state index in [0.29, 0.717) is 5.92 Å². The Balaban J connectivity index is 1.96. The molecule has 3 unspecified atom stereocenters. The van der Waals surface area contributed by atoms with Crippen LogP contribution in [-0.2, 0) is 9.53 Å². The number of rotatable bonds is 1. The summed E-state index contributed by atoms with van der Waals surface area (Å²) < 4.78 is 5.44. The molecule has 0 aromatic heterocycles. The van der Waals surface area contributed by atoms with Gasteiger partial charge in [0.2, 0.25) is 0 Å². The Labute approximate surface area is 90.9 Å². The van der Waals surface area contributed by atoms with Gasteiger partial charge in [0.25, 0.3) is 0 Å². The van der Waals surface area contributed by atoms with Crippen molar-refractivity contribution in [2.45, 2.75) is 32.8 Å². The van der Waals surface area contributed by atoms with Crippen molar-refractivity contribution in [3.63, 3.8) is 0 Å². The number of hydrazine groups is 1. The number of hydrogen-bond donors (Lipinski definition) is 1. The van der Waals surface area contributed by atoms with Crippen LogP contribution >= 0.6 is 0 Å². The van der Waals surface area contributed by atoms with Gasteiger partial charge in [-0.05, 0) is 33.1 Å². The predicted molar refractivity (Wildman–Crippen MR) is 57.0 cm³/mol. The van der Waals surface area contributed by atoms with Crippen LogP contribution < -0.4 is 5.43 Å². The molecule has 2 rings (SSSR count). The van der Waals surface area contributed by atoms with Gasteiger partial charge in [-0.1, -0.05) is 0 Å². The first-order valence-electron chi connectivity index (χ1n) is 5.67. The topological polar surface area (TPSA) is 41.6 Å². The van der Waals surface area contributed by atoms with Crippen molar-refractivity contribution >= 4 is 5.97 Å². The summed E-state index contributed by atoms with van der Waals surface area (Å²) in [5, 5.41) is 2.14. The largest absolute Gasteiger partial charge is 0.460 e. The van der Waals surface area contributed by atoms with Crippen molar-refractivity contribution in [1.29, 1.82) is 0 Å². The van der Waals surface area contributed by atoms with E-state index in [1.165, 1.54) is 0 Å². The second-order valence-electron chi connectivity index (χ2n) is 5.50. The minimum absolute atomic E-state index is 0.0290. The molecular weight excluding hydrogens is 192 g/mol. The van der Waals surface area contributed by atoms with E-state index in [1.54, 1.807) is 0 Å². The lowest BCUT2D eigenvalue weighted by Gasteiger charge is -2.24. The first kappa shape index (κ1) is 10.9. The van der Waals surface area contributed by atoms with Crippen molar-refractivity contribution in [2.75, 3.05) is 19.6 Å². The number of fused-ring (bicyclic) bond motifs is 2. The highest BCUT2D eigenvalue weighted by atomic mass is 16.6. The van der Waals surface area contributed by atoms with Gasteiger partial charge in [0.15, 0.2) is 0 Å². The van der Waals surface area contributed by atoms with Gasteiger partial charge in [-0.15, -0.1) is 0 Å². The Kier molecular flexibility index (Phi) is 2.73. The molecular formula is C11H20N2O2. The molecule has 0 radical (unpaired) electrons. The fourth-order valence-electron chi connectivity index (χ4n) is 2.35. The number of ether oxygens (including phenoxy) is 1. The van der Waals surface area contributed by atoms with Gasteiger partial charge in [0.05, 0.1) is 5.92 Å². The smallest absolute Gasteiger partial charge is 0.311 e. The van der Waals surface area contributed by atoms with Crippen molar-refractivity contribution in [3.8, 4) is 0 Å². The van der Waals surface area contributed by atoms with Crippen LogP contribution in [0.2, 0.25) is 0 Å². The quantitative estimate of drug-likeness (QED) is 0.652. The zero-order chi connectivity index (χ0) is 11.1. The molecule has 1 N–H and O–H groups in total. The van der Waals surface area contributed by atoms with Crippen LogP contribution in [0.3, 0.4) is 0 Å². The highest BCUT2D eigenvalue weighted by molar-refractivity contribution is 5.74. The van der Waals surface area contributed by atoms with E-state index in [0.717, 1.165) is 26.1 Å². The molecule has 2 heterocycles. The highest BCUT2D eigenvalue weighted by Crippen LogP contribution is 2.29. The van der Waals surface area contributed by atoms with Crippen LogP contribution in [0.4, 0.5) is 0 Å². The predicted octanol–water partition coefficient (Wildman–Crippen LogP) is 0.784. The third-order valence-corrected chi connectivity index (χ3v) is 3.00. The van der Waals surface area contributed by atoms with E-state index >= 15 is 0 Å². The summed E-state index contributed by atoms with van der Waals surface area (Å²) in [4.78, 5) is 11.9. The standard InChI is InChI=1S/C11H20N2O2/c1-11(2,3)15-10(14)9-7-13-6-8(9)4-5-12-13/h8-9,12H,4-7H2,1-3H3. The normalized spacial score (nSPS) is 35.3. The van der Waals surface area contributed by atoms with E-state index < -0.39 is 0 Å². The summed E-state index contributed by atoms with van der Waals surface area (Å²) in [6, 6.07) is 0. The Morgan fingerprint density at radius 2 is 2.13 bits per heavy atom. The molecule has 3 atom stereocenters. The number of carbonyl (C=O) groups excluding carboxylic acids is 1. The number of nitrogens with zero attached hydrogens (tertiary/aromatic N) is 1. The zero-order valence-corrected chi connectivity index (χ0v) is 9.75. The van der Waals surface area contributed by atoms with Crippen LogP contribution in [0.15, 0.2) is 0 Å². The average molecular weight is 212 g/mol. The van der Waals surface area contributed by atoms with Crippen molar-refractivity contribution in [2.24, 2.45) is 11.8 Å². The maximum Gasteiger partial charge on any atom is 0.311 e. The number of hydrogen-bond acceptors (Lipinski definition) is 4. The number of carbonyl (C=O) groups is 1. The summed E-state index contributed by atoms with van der Waals surface area (Å²) in [6.45, 7) is 8.55. The minimum atomic E-state index is -0.365. The van der Waals surface area contributed by atoms with E-state index in [4.69, 9.17) is 4.74 Å². The van der Waals surface area contributed by atoms with Gasteiger partial charge in [0, 0.05) is 19.6 Å². The third kappa shape index (κ3) is 2.49. The lowest BCUT2D eigenvalue weighted by atomic mass is 9.93. The maximum atomic E-state index is 11.9. The molecule has 2 bridgehead atoms. The van der Waals surface area contributed by atoms with Crippen LogP contribution in [0.1, 0.15) is 27.2 Å². The van der Waals surface area contributed by atoms with Crippen LogP contribution in [0.5, 0.6) is 0 Å². The van der Waals surface area contributed by atoms with Crippen LogP contribution in [-0.4, -0.2) is 36.2 Å². The molecule has 86 valence electrons. The molecule has 4 nitrogen and oxygen atoms in total. The van der Waals surface area contributed by atoms with Gasteiger partial charge in [0.1, 0.15) is 5.60 Å². The lowest BCUT2D eigenvalue weighted by molar-refractivity contribution is -0.160. The summed E-state index contributed by atoms with van der Waals surface area (Å²) in [5.74, 6) is 0.527. The highest BCUT2D eigenvalue weighted by Gasteiger charge is 2.41. The molecule has 0 aromatic carbocycles. The number of nitrogens with one attached hydrogen (secondary N) is 1. The molecule has 2 saturated heterocycles. The van der Waals surface area contributed by atoms with Crippen molar-refractivity contribution < 1.29 is 9.53 Å². The van der Waals surface area contributed by atoms with E-state index in [9.17, 15) is 4.79 Å². The molecule has 2 aliphatic heterocycles. The monoisotopic (exact) mass is 212 g/mol. The first-order valence-corrected chi connectivity index (χ1v) is 5.67. The van der Waals surface area contributed by atoms with Gasteiger partial charge in [-0.2, -0.15) is 0 Å². The molecule has 15 heavy (non-hydrogen) atoms. The molecule has 4 heteroatoms. The summed E-state index contributed by atoms with van der Waals surface area (Å²) in [7, 11) is 0. The molecule has 0 spiro atoms. The van der Waals surface area contributed by atoms with Crippen molar-refractivity contribution in [1.82, 2.24) is 10.4 Å². The van der Waals surface area contributed by atoms with Crippen LogP contribution in [0, 0.1) is 11.8 Å². The molecule has 0 aromatic rings. The van der Waals surface area contributed by atoms with Crippen molar-refractivity contribution in [3.05, 3.63) is 0 Å². The summed E-state index contributed by atoms with van der Waals surface area (Å²) >= 11 is 0. The van der Waals surface area contributed by atoms with E-state index in [1.807, 2.05) is 20.8 Å². The average Bonchev–Trinajstić information content (AvgIpc) is 2.38. The SMILES string of the molecule is CC(C)(C)OC(=O)C1CN2CC1CCN2. The van der Waals surface area contributed by atoms with Gasteiger partial charge in [-0.25, -0.2) is 5.01 Å². The lowest BCUT2D eigenvalue weighted by Crippen LogP contribution is -2.40. The molecule has 0 amide bonds. The minimum Gasteiger partial charge on any atom is -0.460 e. The molecule has 2 fully saturated rings. The Hall–Kier alpha value is -0.610. The fourth-order valence-corrected chi connectivity index (χ4v) is 2.35. The first-order chi connectivity index (χ1) is 6.96. The van der Waals surface area contributed by atoms with Gasteiger partial charge >= 0.3 is 5.97 Å². The summed E-state index contributed by atoms with van der Waals surface area (Å²) in [5.41, 5.74) is 2.92. The van der Waals surface area contributed by atoms with E-state index in [-0.39, 0.29) is 17.5 Å². The Morgan fingerprint density at radius 3 is 2.73 bits per heavy atom. The maximum absolute atomic E-state index is 11.9. The Morgan fingerprint density at radius 1 is 1.40 bits per heavy atom. The molecule has 0 aliphatic carbocycles. The molecule has 2 aliphatic rings.